The Bertz CT molecular complexity index is 1110. The van der Waals surface area contributed by atoms with Gasteiger partial charge in [-0.1, -0.05) is 6.07 Å². The van der Waals surface area contributed by atoms with E-state index in [1.54, 1.807) is 18.5 Å². The summed E-state index contributed by atoms with van der Waals surface area (Å²) >= 11 is 0. The third kappa shape index (κ3) is 3.91. The van der Waals surface area contributed by atoms with Gasteiger partial charge in [0.1, 0.15) is 5.82 Å². The summed E-state index contributed by atoms with van der Waals surface area (Å²) in [6, 6.07) is 11.9. The summed E-state index contributed by atoms with van der Waals surface area (Å²) in [4.78, 5) is 13.4. The van der Waals surface area contributed by atoms with Crippen molar-refractivity contribution in [2.75, 3.05) is 56.2 Å². The van der Waals surface area contributed by atoms with Crippen LogP contribution in [0.15, 0.2) is 48.8 Å². The van der Waals surface area contributed by atoms with Crippen LogP contribution in [0, 0.1) is 23.6 Å². The predicted molar refractivity (Wildman–Crippen MR) is 123 cm³/mol. The van der Waals surface area contributed by atoms with E-state index in [1.807, 2.05) is 12.1 Å². The highest BCUT2D eigenvalue weighted by Gasteiger charge is 2.54. The van der Waals surface area contributed by atoms with E-state index in [-0.39, 0.29) is 5.82 Å². The van der Waals surface area contributed by atoms with E-state index in [0.717, 1.165) is 67.8 Å². The summed E-state index contributed by atoms with van der Waals surface area (Å²) in [6.45, 7) is 6.99. The largest absolute Gasteiger partial charge is 0.385 e. The number of ether oxygens (including phenoxy) is 1. The van der Waals surface area contributed by atoms with E-state index in [0.29, 0.717) is 24.8 Å². The van der Waals surface area contributed by atoms with Gasteiger partial charge in [0.25, 0.3) is 0 Å². The van der Waals surface area contributed by atoms with Gasteiger partial charge in [-0.15, -0.1) is 0 Å². The van der Waals surface area contributed by atoms with Crippen molar-refractivity contribution in [3.8, 4) is 0 Å². The molecule has 166 valence electrons. The first-order valence-electron chi connectivity index (χ1n) is 11.5. The number of likely N-dealkylation sites (tertiary alicyclic amines) is 1. The Morgan fingerprint density at radius 2 is 1.75 bits per heavy atom. The van der Waals surface area contributed by atoms with Crippen LogP contribution < -0.4 is 10.2 Å². The van der Waals surface area contributed by atoms with Crippen LogP contribution in [0.1, 0.15) is 5.56 Å². The predicted octanol–water partition coefficient (Wildman–Crippen LogP) is 3.40. The first kappa shape index (κ1) is 19.9. The topological polar surface area (TPSA) is 53.5 Å². The second-order valence-electron chi connectivity index (χ2n) is 9.21. The number of anilines is 2. The molecule has 2 aromatic carbocycles. The molecule has 2 aliphatic heterocycles. The van der Waals surface area contributed by atoms with Crippen molar-refractivity contribution in [1.82, 2.24) is 14.9 Å². The smallest absolute Gasteiger partial charge is 0.148 e. The van der Waals surface area contributed by atoms with Crippen molar-refractivity contribution in [2.24, 2.45) is 17.8 Å². The fraction of sp³-hybridized carbons (Fsp3) is 0.440. The van der Waals surface area contributed by atoms with Gasteiger partial charge in [-0.25, -0.2) is 4.39 Å². The summed E-state index contributed by atoms with van der Waals surface area (Å²) < 4.78 is 20.0. The molecule has 0 bridgehead atoms. The van der Waals surface area contributed by atoms with Gasteiger partial charge >= 0.3 is 0 Å². The number of nitrogens with zero attached hydrogens (tertiary/aromatic N) is 4. The van der Waals surface area contributed by atoms with E-state index in [2.05, 4.69) is 43.3 Å². The lowest BCUT2D eigenvalue weighted by atomic mass is 10.1. The number of halogens is 1. The zero-order valence-corrected chi connectivity index (χ0v) is 18.1. The standard InChI is InChI=1S/C25H28FN5O/c26-22-12-18(2-4-25(22)31-7-9-32-10-8-31)29-13-19-20-15-30(16-21(19)20)14-17-1-3-23-24(11-17)28-6-5-27-23/h1-6,11-12,19-21,29H,7-10,13-16H2. The van der Waals surface area contributed by atoms with Crippen LogP contribution in [0.4, 0.5) is 15.8 Å². The maximum Gasteiger partial charge on any atom is 0.148 e. The van der Waals surface area contributed by atoms with E-state index in [1.165, 1.54) is 5.56 Å². The Morgan fingerprint density at radius 1 is 0.969 bits per heavy atom. The van der Waals surface area contributed by atoms with Crippen LogP contribution in [0.3, 0.4) is 0 Å². The lowest BCUT2D eigenvalue weighted by Gasteiger charge is -2.29. The Hall–Kier alpha value is -2.77. The number of aromatic nitrogens is 2. The Kier molecular flexibility index (Phi) is 5.15. The monoisotopic (exact) mass is 433 g/mol. The molecular weight excluding hydrogens is 405 g/mol. The van der Waals surface area contributed by atoms with Gasteiger partial charge in [-0.05, 0) is 53.6 Å². The molecule has 0 radical (unpaired) electrons. The zero-order chi connectivity index (χ0) is 21.5. The SMILES string of the molecule is Fc1cc(NCC2C3CN(Cc4ccc5nccnc5c4)CC23)ccc1N1CCOCC1. The van der Waals surface area contributed by atoms with Gasteiger partial charge in [0, 0.05) is 57.3 Å². The summed E-state index contributed by atoms with van der Waals surface area (Å²) in [5.74, 6) is 2.04. The van der Waals surface area contributed by atoms with Crippen LogP contribution in [0.25, 0.3) is 11.0 Å². The van der Waals surface area contributed by atoms with Crippen LogP contribution in [-0.2, 0) is 11.3 Å². The molecule has 32 heavy (non-hydrogen) atoms. The molecular formula is C25H28FN5O. The Morgan fingerprint density at radius 3 is 2.53 bits per heavy atom. The van der Waals surface area contributed by atoms with Crippen molar-refractivity contribution in [3.63, 3.8) is 0 Å². The molecule has 6 rings (SSSR count). The molecule has 1 aliphatic carbocycles. The lowest BCUT2D eigenvalue weighted by molar-refractivity contribution is 0.122. The molecule has 0 amide bonds. The summed E-state index contributed by atoms with van der Waals surface area (Å²) in [5, 5.41) is 3.47. The third-order valence-corrected chi connectivity index (χ3v) is 7.23. The molecule has 2 atom stereocenters. The molecule has 3 heterocycles. The van der Waals surface area contributed by atoms with Crippen LogP contribution in [0.5, 0.6) is 0 Å². The molecule has 1 aromatic heterocycles. The average molecular weight is 434 g/mol. The number of piperidine rings is 1. The molecule has 3 aliphatic rings. The average Bonchev–Trinajstić information content (AvgIpc) is 3.28. The number of hydrogen-bond acceptors (Lipinski definition) is 6. The molecule has 3 fully saturated rings. The van der Waals surface area contributed by atoms with Crippen LogP contribution in [-0.4, -0.2) is 60.8 Å². The quantitative estimate of drug-likeness (QED) is 0.643. The molecule has 1 saturated carbocycles. The van der Waals surface area contributed by atoms with E-state index >= 15 is 0 Å². The highest BCUT2D eigenvalue weighted by atomic mass is 19.1. The Balaban J connectivity index is 1.00. The second-order valence-corrected chi connectivity index (χ2v) is 9.21. The lowest BCUT2D eigenvalue weighted by Crippen LogP contribution is -2.36. The maximum atomic E-state index is 14.6. The highest BCUT2D eigenvalue weighted by molar-refractivity contribution is 5.74. The van der Waals surface area contributed by atoms with Gasteiger partial charge < -0.3 is 15.0 Å². The number of hydrogen-bond donors (Lipinski definition) is 1. The number of fused-ring (bicyclic) bond motifs is 2. The van der Waals surface area contributed by atoms with Gasteiger partial charge in [0.2, 0.25) is 0 Å². The van der Waals surface area contributed by atoms with Crippen molar-refractivity contribution < 1.29 is 9.13 Å². The highest BCUT2D eigenvalue weighted by Crippen LogP contribution is 2.51. The third-order valence-electron chi connectivity index (χ3n) is 7.23. The fourth-order valence-corrected chi connectivity index (χ4v) is 5.45. The molecule has 2 unspecified atom stereocenters. The summed E-state index contributed by atoms with van der Waals surface area (Å²) in [6.07, 6.45) is 3.48. The van der Waals surface area contributed by atoms with E-state index < -0.39 is 0 Å². The van der Waals surface area contributed by atoms with Gasteiger partial charge in [-0.3, -0.25) is 14.9 Å². The normalized spacial score (nSPS) is 25.2. The summed E-state index contributed by atoms with van der Waals surface area (Å²) in [7, 11) is 0. The minimum Gasteiger partial charge on any atom is -0.385 e. The molecule has 1 N–H and O–H groups in total. The van der Waals surface area contributed by atoms with Gasteiger partial charge in [-0.2, -0.15) is 0 Å². The number of nitrogens with one attached hydrogen (secondary N) is 1. The van der Waals surface area contributed by atoms with Crippen molar-refractivity contribution in [1.29, 1.82) is 0 Å². The van der Waals surface area contributed by atoms with Crippen molar-refractivity contribution in [3.05, 3.63) is 60.2 Å². The molecule has 3 aromatic rings. The zero-order valence-electron chi connectivity index (χ0n) is 18.1. The minimum absolute atomic E-state index is 0.154. The molecule has 0 spiro atoms. The van der Waals surface area contributed by atoms with Crippen molar-refractivity contribution >= 4 is 22.4 Å². The first-order valence-corrected chi connectivity index (χ1v) is 11.5. The minimum atomic E-state index is -0.154. The molecule has 7 heteroatoms. The first-order chi connectivity index (χ1) is 15.7. The van der Waals surface area contributed by atoms with Crippen LogP contribution in [0.2, 0.25) is 0 Å². The fourth-order valence-electron chi connectivity index (χ4n) is 5.45. The van der Waals surface area contributed by atoms with E-state index in [4.69, 9.17) is 4.74 Å². The maximum absolute atomic E-state index is 14.6. The Labute approximate surface area is 187 Å². The second kappa shape index (κ2) is 8.30. The summed E-state index contributed by atoms with van der Waals surface area (Å²) in [5.41, 5.74) is 4.75. The van der Waals surface area contributed by atoms with Gasteiger partial charge in [0.15, 0.2) is 0 Å². The van der Waals surface area contributed by atoms with E-state index in [9.17, 15) is 4.39 Å². The number of morpholine rings is 1. The van der Waals surface area contributed by atoms with Gasteiger partial charge in [0.05, 0.1) is 29.9 Å². The molecule has 2 saturated heterocycles. The number of rotatable bonds is 6. The number of benzene rings is 2. The van der Waals surface area contributed by atoms with Crippen molar-refractivity contribution in [2.45, 2.75) is 6.54 Å². The van der Waals surface area contributed by atoms with Crippen LogP contribution >= 0.6 is 0 Å². The molecule has 6 nitrogen and oxygen atoms in total.